The number of rotatable bonds is 9. The minimum atomic E-state index is -1.08. The van der Waals surface area contributed by atoms with Gasteiger partial charge in [0, 0.05) is 49.3 Å². The number of hydrogen-bond donors (Lipinski definition) is 0. The van der Waals surface area contributed by atoms with Gasteiger partial charge in [-0.05, 0) is 65.7 Å². The van der Waals surface area contributed by atoms with E-state index in [1.165, 1.54) is 39.6 Å². The molecule has 2 aromatic carbocycles. The molecule has 0 N–H and O–H groups in total. The summed E-state index contributed by atoms with van der Waals surface area (Å²) in [7, 11) is 2.22. The van der Waals surface area contributed by atoms with Crippen LogP contribution in [0.5, 0.6) is 0 Å². The van der Waals surface area contributed by atoms with Gasteiger partial charge in [-0.25, -0.2) is 23.6 Å². The van der Waals surface area contributed by atoms with Crippen molar-refractivity contribution in [1.82, 2.24) is 9.80 Å². The number of amides is 4. The molecule has 2 saturated heterocycles. The molecule has 2 aliphatic heterocycles. The molecule has 20 nitrogen and oxygen atoms in total. The SMILES string of the molecule is COC(=O)c1cc([N+](=O)[O-])c(N2CCN(C(=O)OC(C)(C)C)[C@H](C(C)C)C2=O)cc1F.COC(=O)c1cc([N+](=O)[O-])c(N2CCN(C(=O)OC(C)(C)C)[C@H](C(C)C)C2=O)cc1SC. The van der Waals surface area contributed by atoms with E-state index in [0.717, 1.165) is 30.2 Å². The van der Waals surface area contributed by atoms with Gasteiger partial charge in [0.15, 0.2) is 0 Å². The molecule has 0 spiro atoms. The average Bonchev–Trinajstić information content (AvgIpc) is 3.17. The number of esters is 2. The molecule has 0 radical (unpaired) electrons. The summed E-state index contributed by atoms with van der Waals surface area (Å²) in [6, 6.07) is 2.28. The summed E-state index contributed by atoms with van der Waals surface area (Å²) in [6.45, 7) is 17.5. The van der Waals surface area contributed by atoms with Crippen LogP contribution >= 0.6 is 11.8 Å². The topological polar surface area (TPSA) is 239 Å². The fourth-order valence-corrected chi connectivity index (χ4v) is 7.45. The molecule has 2 aliphatic rings. The van der Waals surface area contributed by atoms with Crippen molar-refractivity contribution in [1.29, 1.82) is 0 Å². The van der Waals surface area contributed by atoms with Crippen LogP contribution in [0.1, 0.15) is 90.0 Å². The summed E-state index contributed by atoms with van der Waals surface area (Å²) in [5, 5.41) is 23.4. The first-order valence-electron chi connectivity index (χ1n) is 19.7. The van der Waals surface area contributed by atoms with E-state index in [2.05, 4.69) is 4.74 Å². The van der Waals surface area contributed by atoms with Gasteiger partial charge in [-0.15, -0.1) is 11.8 Å². The van der Waals surface area contributed by atoms with Crippen LogP contribution in [0.2, 0.25) is 0 Å². The van der Waals surface area contributed by atoms with E-state index in [9.17, 15) is 53.4 Å². The number of piperazine rings is 2. The van der Waals surface area contributed by atoms with Crippen molar-refractivity contribution in [2.24, 2.45) is 11.8 Å². The Morgan fingerprint density at radius 2 is 1.05 bits per heavy atom. The van der Waals surface area contributed by atoms with E-state index in [-0.39, 0.29) is 60.6 Å². The predicted octanol–water partition coefficient (Wildman–Crippen LogP) is 6.84. The first kappa shape index (κ1) is 51.3. The molecule has 2 fully saturated rings. The molecular formula is C41H55FN6O14S. The molecule has 0 bridgehead atoms. The van der Waals surface area contributed by atoms with E-state index < -0.39 is 86.1 Å². The number of methoxy groups -OCH3 is 2. The van der Waals surface area contributed by atoms with Crippen LogP contribution in [0.15, 0.2) is 29.2 Å². The Kier molecular flexibility index (Phi) is 16.6. The minimum Gasteiger partial charge on any atom is -0.465 e. The van der Waals surface area contributed by atoms with Crippen molar-refractivity contribution in [2.75, 3.05) is 56.5 Å². The van der Waals surface area contributed by atoms with Crippen molar-refractivity contribution in [3.63, 3.8) is 0 Å². The number of ether oxygens (including phenoxy) is 4. The van der Waals surface area contributed by atoms with E-state index in [1.54, 1.807) is 75.5 Å². The zero-order chi connectivity index (χ0) is 48.0. The van der Waals surface area contributed by atoms with Gasteiger partial charge in [-0.2, -0.15) is 0 Å². The van der Waals surface area contributed by atoms with Crippen molar-refractivity contribution in [3.8, 4) is 0 Å². The zero-order valence-corrected chi connectivity index (χ0v) is 38.4. The second-order valence-electron chi connectivity index (χ2n) is 17.1. The molecule has 0 unspecified atom stereocenters. The number of carbonyl (C=O) groups excluding carboxylic acids is 6. The number of hydrogen-bond acceptors (Lipinski definition) is 15. The minimum absolute atomic E-state index is 0.0288. The van der Waals surface area contributed by atoms with Crippen molar-refractivity contribution in [2.45, 2.75) is 97.4 Å². The maximum atomic E-state index is 14.5. The van der Waals surface area contributed by atoms with Crippen LogP contribution in [-0.4, -0.2) is 126 Å². The summed E-state index contributed by atoms with van der Waals surface area (Å²) in [5.74, 6) is -4.50. The molecule has 2 aromatic rings. The molecule has 0 aliphatic carbocycles. The van der Waals surface area contributed by atoms with Gasteiger partial charge in [0.05, 0.1) is 29.6 Å². The van der Waals surface area contributed by atoms with E-state index in [0.29, 0.717) is 4.90 Å². The third-order valence-corrected chi connectivity index (χ3v) is 10.3. The highest BCUT2D eigenvalue weighted by atomic mass is 32.2. The number of benzene rings is 2. The van der Waals surface area contributed by atoms with Gasteiger partial charge in [-0.1, -0.05) is 27.7 Å². The lowest BCUT2D eigenvalue weighted by Gasteiger charge is -2.42. The van der Waals surface area contributed by atoms with E-state index in [1.807, 2.05) is 0 Å². The Labute approximate surface area is 368 Å². The number of halogens is 1. The van der Waals surface area contributed by atoms with Crippen molar-refractivity contribution >= 4 is 70.5 Å². The quantitative estimate of drug-likeness (QED) is 0.0823. The van der Waals surface area contributed by atoms with Crippen LogP contribution in [-0.2, 0) is 28.5 Å². The Morgan fingerprint density at radius 1 is 0.683 bits per heavy atom. The van der Waals surface area contributed by atoms with Crippen LogP contribution in [0.4, 0.5) is 36.7 Å². The smallest absolute Gasteiger partial charge is 0.411 e. The first-order chi connectivity index (χ1) is 29.1. The monoisotopic (exact) mass is 906 g/mol. The molecule has 0 aromatic heterocycles. The van der Waals surface area contributed by atoms with Gasteiger partial charge in [0.25, 0.3) is 11.4 Å². The standard InChI is InChI=1S/C21H29N3O7S.C20H26FN3O7/c1-12(2)17-18(25)22(8-9-23(17)20(27)31-21(3,4)5)14-11-16(32-7)13(19(26)30-6)10-15(14)24(28)29;1-11(2)16-17(25)22(7-8-23(16)19(27)31-20(3,4)5)14-10-13(21)12(18(26)30-6)9-15(14)24(28)29/h10-12,17H,8-9H2,1-7H3;9-11,16H,7-8H2,1-6H3/t17-;16-/m11/s1. The molecule has 0 saturated carbocycles. The average molecular weight is 907 g/mol. The van der Waals surface area contributed by atoms with Gasteiger partial charge in [-0.3, -0.25) is 39.6 Å². The van der Waals surface area contributed by atoms with Crippen molar-refractivity contribution in [3.05, 3.63) is 61.4 Å². The van der Waals surface area contributed by atoms with E-state index >= 15 is 0 Å². The summed E-state index contributed by atoms with van der Waals surface area (Å²) >= 11 is 1.21. The summed E-state index contributed by atoms with van der Waals surface area (Å²) < 4.78 is 34.5. The van der Waals surface area contributed by atoms with Crippen molar-refractivity contribution < 1.29 is 62.0 Å². The number of nitro groups is 2. The summed E-state index contributed by atoms with van der Waals surface area (Å²) in [6.07, 6.45) is 0.432. The summed E-state index contributed by atoms with van der Waals surface area (Å²) in [4.78, 5) is 103. The lowest BCUT2D eigenvalue weighted by molar-refractivity contribution is -0.384. The number of anilines is 2. The molecular weight excluding hydrogens is 852 g/mol. The predicted molar refractivity (Wildman–Crippen MR) is 228 cm³/mol. The molecule has 4 rings (SSSR count). The van der Waals surface area contributed by atoms with Crippen LogP contribution in [0, 0.1) is 37.9 Å². The molecule has 22 heteroatoms. The van der Waals surface area contributed by atoms with Crippen LogP contribution in [0.3, 0.4) is 0 Å². The Morgan fingerprint density at radius 3 is 1.38 bits per heavy atom. The number of nitrogens with zero attached hydrogens (tertiary/aromatic N) is 6. The Hall–Kier alpha value is -6.06. The Bertz CT molecular complexity index is 2140. The number of thioether (sulfide) groups is 1. The third kappa shape index (κ3) is 12.1. The largest absolute Gasteiger partial charge is 0.465 e. The summed E-state index contributed by atoms with van der Waals surface area (Å²) in [5.41, 5.74) is -3.29. The molecule has 346 valence electrons. The van der Waals surface area contributed by atoms with Gasteiger partial charge < -0.3 is 28.7 Å². The van der Waals surface area contributed by atoms with Crippen LogP contribution in [0.25, 0.3) is 0 Å². The first-order valence-corrected chi connectivity index (χ1v) is 21.0. The highest BCUT2D eigenvalue weighted by molar-refractivity contribution is 7.98. The maximum absolute atomic E-state index is 14.5. The van der Waals surface area contributed by atoms with Crippen LogP contribution < -0.4 is 9.80 Å². The number of carbonyl (C=O) groups is 6. The molecule has 2 atom stereocenters. The fraction of sp³-hybridized carbons (Fsp3) is 0.561. The van der Waals surface area contributed by atoms with Gasteiger partial charge >= 0.3 is 24.1 Å². The molecule has 2 heterocycles. The maximum Gasteiger partial charge on any atom is 0.411 e. The van der Waals surface area contributed by atoms with E-state index in [4.69, 9.17) is 14.2 Å². The lowest BCUT2D eigenvalue weighted by atomic mass is 9.98. The van der Waals surface area contributed by atoms with Gasteiger partial charge in [0.1, 0.15) is 46.0 Å². The lowest BCUT2D eigenvalue weighted by Crippen LogP contribution is -2.61. The Balaban J connectivity index is 0.000000335. The molecule has 4 amide bonds. The second-order valence-corrected chi connectivity index (χ2v) is 17.9. The van der Waals surface area contributed by atoms with Gasteiger partial charge in [0.2, 0.25) is 11.8 Å². The fourth-order valence-electron chi connectivity index (χ4n) is 6.86. The highest BCUT2D eigenvalue weighted by Crippen LogP contribution is 2.38. The third-order valence-electron chi connectivity index (χ3n) is 9.50. The number of nitro benzene ring substituents is 2. The normalized spacial score (nSPS) is 17.0. The molecule has 63 heavy (non-hydrogen) atoms. The highest BCUT2D eigenvalue weighted by Gasteiger charge is 2.45. The zero-order valence-electron chi connectivity index (χ0n) is 37.6. The second kappa shape index (κ2) is 20.4.